The number of hydrogen-bond acceptors (Lipinski definition) is 2. The van der Waals surface area contributed by atoms with Crippen LogP contribution in [0.3, 0.4) is 0 Å². The van der Waals surface area contributed by atoms with Crippen molar-refractivity contribution in [3.8, 4) is 0 Å². The molecule has 0 heterocycles. The third-order valence-corrected chi connectivity index (χ3v) is 3.67. The second kappa shape index (κ2) is 8.01. The summed E-state index contributed by atoms with van der Waals surface area (Å²) in [5.74, 6) is 0.416. The molecule has 3 nitrogen and oxygen atoms in total. The predicted octanol–water partition coefficient (Wildman–Crippen LogP) is 3.76. The van der Waals surface area contributed by atoms with Crippen molar-refractivity contribution in [3.05, 3.63) is 33.3 Å². The Kier molecular flexibility index (Phi) is 7.00. The Balaban J connectivity index is 2.93. The van der Waals surface area contributed by atoms with Crippen LogP contribution in [0.1, 0.15) is 24.2 Å². The number of carbonyl (C=O) groups excluding carboxylic acids is 1. The summed E-state index contributed by atoms with van der Waals surface area (Å²) in [6.45, 7) is 6.49. The van der Waals surface area contributed by atoms with Gasteiger partial charge in [-0.15, -0.1) is 0 Å². The number of hydrogen-bond donors (Lipinski definition) is 0. The molecule has 0 aliphatic heterocycles. The summed E-state index contributed by atoms with van der Waals surface area (Å²) >= 11 is 9.54. The molecule has 0 saturated carbocycles. The van der Waals surface area contributed by atoms with E-state index >= 15 is 0 Å². The zero-order valence-corrected chi connectivity index (χ0v) is 14.8. The molecule has 1 amide bonds. The van der Waals surface area contributed by atoms with E-state index in [4.69, 9.17) is 11.6 Å². The minimum atomic E-state index is -0.00755. The van der Waals surface area contributed by atoms with Crippen LogP contribution in [0.2, 0.25) is 5.02 Å². The maximum absolute atomic E-state index is 12.7. The number of likely N-dealkylation sites (N-methyl/N-ethyl adjacent to an activating group) is 1. The van der Waals surface area contributed by atoms with Crippen molar-refractivity contribution in [2.75, 3.05) is 33.7 Å². The topological polar surface area (TPSA) is 23.6 Å². The van der Waals surface area contributed by atoms with Crippen molar-refractivity contribution in [1.29, 1.82) is 0 Å². The van der Waals surface area contributed by atoms with Crippen LogP contribution in [0.4, 0.5) is 0 Å². The molecule has 0 fully saturated rings. The molecule has 0 bridgehead atoms. The fourth-order valence-corrected chi connectivity index (χ4v) is 2.43. The summed E-state index contributed by atoms with van der Waals surface area (Å²) in [5.41, 5.74) is 0.556. The van der Waals surface area contributed by atoms with Gasteiger partial charge in [0.05, 0.1) is 10.6 Å². The third-order valence-electron chi connectivity index (χ3n) is 2.85. The zero-order valence-electron chi connectivity index (χ0n) is 12.5. The van der Waals surface area contributed by atoms with Gasteiger partial charge in [0.1, 0.15) is 0 Å². The number of amides is 1. The van der Waals surface area contributed by atoms with Crippen LogP contribution in [0.25, 0.3) is 0 Å². The highest BCUT2D eigenvalue weighted by molar-refractivity contribution is 9.10. The molecular weight excluding hydrogens is 340 g/mol. The molecule has 20 heavy (non-hydrogen) atoms. The van der Waals surface area contributed by atoms with Crippen molar-refractivity contribution < 1.29 is 4.79 Å². The molecule has 112 valence electrons. The van der Waals surface area contributed by atoms with Gasteiger partial charge < -0.3 is 9.80 Å². The van der Waals surface area contributed by atoms with E-state index in [1.165, 1.54) is 0 Å². The van der Waals surface area contributed by atoms with Crippen molar-refractivity contribution in [2.45, 2.75) is 13.8 Å². The third kappa shape index (κ3) is 5.43. The smallest absolute Gasteiger partial charge is 0.255 e. The van der Waals surface area contributed by atoms with Gasteiger partial charge in [-0.25, -0.2) is 0 Å². The van der Waals surface area contributed by atoms with Gasteiger partial charge in [-0.2, -0.15) is 0 Å². The zero-order chi connectivity index (χ0) is 15.3. The average molecular weight is 362 g/mol. The summed E-state index contributed by atoms with van der Waals surface area (Å²) in [6, 6.07) is 5.37. The van der Waals surface area contributed by atoms with Crippen LogP contribution >= 0.6 is 27.5 Å². The van der Waals surface area contributed by atoms with Crippen molar-refractivity contribution in [2.24, 2.45) is 5.92 Å². The Hall–Kier alpha value is -0.580. The van der Waals surface area contributed by atoms with E-state index in [9.17, 15) is 4.79 Å². The lowest BCUT2D eigenvalue weighted by Gasteiger charge is -2.26. The predicted molar refractivity (Wildman–Crippen MR) is 88.4 cm³/mol. The first-order chi connectivity index (χ1) is 9.31. The summed E-state index contributed by atoms with van der Waals surface area (Å²) in [4.78, 5) is 16.6. The molecule has 0 saturated heterocycles. The Labute approximate surface area is 135 Å². The highest BCUT2D eigenvalue weighted by Gasteiger charge is 2.19. The number of benzene rings is 1. The lowest BCUT2D eigenvalue weighted by molar-refractivity contribution is 0.0725. The van der Waals surface area contributed by atoms with E-state index in [1.807, 2.05) is 25.1 Å². The molecular formula is C15H22BrClN2O. The minimum absolute atomic E-state index is 0.00755. The molecule has 5 heteroatoms. The Morgan fingerprint density at radius 2 is 1.95 bits per heavy atom. The minimum Gasteiger partial charge on any atom is -0.337 e. The maximum atomic E-state index is 12.7. The SMILES string of the molecule is CC(C)CN(CCN(C)C)C(=O)c1cc(Br)ccc1Cl. The molecule has 0 aromatic heterocycles. The normalized spacial score (nSPS) is 11.2. The fourth-order valence-electron chi connectivity index (χ4n) is 1.87. The highest BCUT2D eigenvalue weighted by atomic mass is 79.9. The van der Waals surface area contributed by atoms with Gasteiger partial charge in [-0.3, -0.25) is 4.79 Å². The van der Waals surface area contributed by atoms with Crippen molar-refractivity contribution >= 4 is 33.4 Å². The largest absolute Gasteiger partial charge is 0.337 e. The van der Waals surface area contributed by atoms with Gasteiger partial charge in [0, 0.05) is 24.1 Å². The first-order valence-electron chi connectivity index (χ1n) is 6.70. The highest BCUT2D eigenvalue weighted by Crippen LogP contribution is 2.22. The van der Waals surface area contributed by atoms with E-state index in [1.54, 1.807) is 12.1 Å². The first kappa shape index (κ1) is 17.5. The molecule has 0 unspecified atom stereocenters. The van der Waals surface area contributed by atoms with Gasteiger partial charge in [-0.05, 0) is 38.2 Å². The number of halogens is 2. The molecule has 1 aromatic rings. The lowest BCUT2D eigenvalue weighted by Crippen LogP contribution is -2.39. The standard InChI is InChI=1S/C15H22BrClN2O/c1-11(2)10-19(8-7-18(3)4)15(20)13-9-12(16)5-6-14(13)17/h5-6,9,11H,7-8,10H2,1-4H3. The van der Waals surface area contributed by atoms with Gasteiger partial charge in [0.25, 0.3) is 5.91 Å². The van der Waals surface area contributed by atoms with Crippen LogP contribution in [0.15, 0.2) is 22.7 Å². The summed E-state index contributed by atoms with van der Waals surface area (Å²) in [5, 5.41) is 0.497. The van der Waals surface area contributed by atoms with Crippen molar-refractivity contribution in [3.63, 3.8) is 0 Å². The van der Waals surface area contributed by atoms with Crippen LogP contribution in [-0.2, 0) is 0 Å². The molecule has 0 N–H and O–H groups in total. The van der Waals surface area contributed by atoms with Crippen LogP contribution in [0, 0.1) is 5.92 Å². The molecule has 0 aliphatic carbocycles. The van der Waals surface area contributed by atoms with Crippen LogP contribution < -0.4 is 0 Å². The van der Waals surface area contributed by atoms with Gasteiger partial charge in [-0.1, -0.05) is 41.4 Å². The quantitative estimate of drug-likeness (QED) is 0.770. The van der Waals surface area contributed by atoms with E-state index < -0.39 is 0 Å². The summed E-state index contributed by atoms with van der Waals surface area (Å²) in [7, 11) is 4.01. The first-order valence-corrected chi connectivity index (χ1v) is 7.87. The maximum Gasteiger partial charge on any atom is 0.255 e. The van der Waals surface area contributed by atoms with Gasteiger partial charge >= 0.3 is 0 Å². The summed E-state index contributed by atoms with van der Waals surface area (Å²) in [6.07, 6.45) is 0. The van der Waals surface area contributed by atoms with Crippen molar-refractivity contribution in [1.82, 2.24) is 9.80 Å². The molecule has 1 rings (SSSR count). The van der Waals surface area contributed by atoms with E-state index in [-0.39, 0.29) is 5.91 Å². The van der Waals surface area contributed by atoms with E-state index in [2.05, 4.69) is 34.7 Å². The lowest BCUT2D eigenvalue weighted by atomic mass is 10.1. The number of nitrogens with zero attached hydrogens (tertiary/aromatic N) is 2. The monoisotopic (exact) mass is 360 g/mol. The van der Waals surface area contributed by atoms with E-state index in [0.29, 0.717) is 23.0 Å². The van der Waals surface area contributed by atoms with Gasteiger partial charge in [0.2, 0.25) is 0 Å². The number of carbonyl (C=O) groups is 1. The molecule has 0 spiro atoms. The fraction of sp³-hybridized carbons (Fsp3) is 0.533. The second-order valence-corrected chi connectivity index (χ2v) is 6.90. The van der Waals surface area contributed by atoms with Gasteiger partial charge in [0.15, 0.2) is 0 Å². The second-order valence-electron chi connectivity index (χ2n) is 5.57. The average Bonchev–Trinajstić information content (AvgIpc) is 2.36. The Morgan fingerprint density at radius 1 is 1.30 bits per heavy atom. The molecule has 1 aromatic carbocycles. The number of rotatable bonds is 6. The molecule has 0 radical (unpaired) electrons. The Morgan fingerprint density at radius 3 is 2.50 bits per heavy atom. The molecule has 0 aliphatic rings. The summed E-state index contributed by atoms with van der Waals surface area (Å²) < 4.78 is 0.863. The Bertz CT molecular complexity index is 463. The van der Waals surface area contributed by atoms with Crippen LogP contribution in [0.5, 0.6) is 0 Å². The van der Waals surface area contributed by atoms with E-state index in [0.717, 1.165) is 17.6 Å². The van der Waals surface area contributed by atoms with Crippen LogP contribution in [-0.4, -0.2) is 49.4 Å². The molecule has 0 atom stereocenters.